The predicted molar refractivity (Wildman–Crippen MR) is 148 cm³/mol. The SMILES string of the molecule is CCC(Oc1ccc(N(C)S(C)(=O)=O)cc1)C(=O)Nc1cccc(C(=O)c2ccc(C(C)(C)C)cc2)c1. The molecule has 1 amide bonds. The van der Waals surface area contributed by atoms with Crippen LogP contribution in [0.15, 0.2) is 72.8 Å². The summed E-state index contributed by atoms with van der Waals surface area (Å²) in [5, 5.41) is 2.83. The summed E-state index contributed by atoms with van der Waals surface area (Å²) in [6.07, 6.45) is 0.762. The molecular formula is C29H34N2O5S. The molecule has 37 heavy (non-hydrogen) atoms. The molecule has 196 valence electrons. The van der Waals surface area contributed by atoms with Crippen molar-refractivity contribution >= 4 is 33.1 Å². The molecule has 0 fully saturated rings. The summed E-state index contributed by atoms with van der Waals surface area (Å²) < 4.78 is 30.5. The number of carbonyl (C=O) groups excluding carboxylic acids is 2. The number of rotatable bonds is 9. The monoisotopic (exact) mass is 522 g/mol. The van der Waals surface area contributed by atoms with Crippen LogP contribution in [0.4, 0.5) is 11.4 Å². The highest BCUT2D eigenvalue weighted by Crippen LogP contribution is 2.24. The molecule has 0 aliphatic heterocycles. The van der Waals surface area contributed by atoms with Gasteiger partial charge in [0.25, 0.3) is 5.91 Å². The number of ether oxygens (including phenoxy) is 1. The van der Waals surface area contributed by atoms with E-state index in [2.05, 4.69) is 26.1 Å². The zero-order valence-electron chi connectivity index (χ0n) is 22.1. The van der Waals surface area contributed by atoms with Crippen molar-refractivity contribution < 1.29 is 22.7 Å². The van der Waals surface area contributed by atoms with Gasteiger partial charge in [-0.1, -0.05) is 64.1 Å². The van der Waals surface area contributed by atoms with Crippen molar-refractivity contribution in [2.45, 2.75) is 45.6 Å². The minimum atomic E-state index is -3.38. The van der Waals surface area contributed by atoms with Crippen LogP contribution in [-0.4, -0.2) is 39.5 Å². The zero-order chi connectivity index (χ0) is 27.4. The lowest BCUT2D eigenvalue weighted by Crippen LogP contribution is -2.32. The van der Waals surface area contributed by atoms with Crippen LogP contribution >= 0.6 is 0 Å². The van der Waals surface area contributed by atoms with E-state index in [1.165, 1.54) is 7.05 Å². The standard InChI is InChI=1S/C29H34N2O5S/c1-7-26(36-25-17-15-24(16-18-25)31(5)37(6,34)35)28(33)30-23-10-8-9-21(19-23)27(32)20-11-13-22(14-12-20)29(2,3)4/h8-19,26H,7H2,1-6H3,(H,30,33). The lowest BCUT2D eigenvalue weighted by molar-refractivity contribution is -0.122. The van der Waals surface area contributed by atoms with Crippen LogP contribution in [0, 0.1) is 0 Å². The van der Waals surface area contributed by atoms with E-state index in [0.29, 0.717) is 34.7 Å². The van der Waals surface area contributed by atoms with Crippen LogP contribution in [0.25, 0.3) is 0 Å². The molecule has 0 aromatic heterocycles. The Balaban J connectivity index is 1.69. The number of benzene rings is 3. The number of anilines is 2. The number of carbonyl (C=O) groups is 2. The van der Waals surface area contributed by atoms with Gasteiger partial charge in [0.05, 0.1) is 11.9 Å². The lowest BCUT2D eigenvalue weighted by Gasteiger charge is -2.20. The van der Waals surface area contributed by atoms with Crippen molar-refractivity contribution in [3.05, 3.63) is 89.5 Å². The van der Waals surface area contributed by atoms with Gasteiger partial charge in [-0.3, -0.25) is 13.9 Å². The third-order valence-corrected chi connectivity index (χ3v) is 7.25. The Morgan fingerprint density at radius 1 is 0.946 bits per heavy atom. The van der Waals surface area contributed by atoms with Gasteiger partial charge in [-0.2, -0.15) is 0 Å². The van der Waals surface area contributed by atoms with E-state index in [4.69, 9.17) is 4.74 Å². The van der Waals surface area contributed by atoms with Crippen molar-refractivity contribution in [3.8, 4) is 5.75 Å². The van der Waals surface area contributed by atoms with E-state index in [1.54, 1.807) is 48.5 Å². The fraction of sp³-hybridized carbons (Fsp3) is 0.310. The third-order valence-electron chi connectivity index (χ3n) is 6.04. The fourth-order valence-corrected chi connectivity index (χ4v) is 4.17. The van der Waals surface area contributed by atoms with Crippen LogP contribution < -0.4 is 14.4 Å². The Bertz CT molecular complexity index is 1360. The minimum absolute atomic E-state index is 0.00178. The second kappa shape index (κ2) is 11.2. The normalized spacial score (nSPS) is 12.5. The second-order valence-electron chi connectivity index (χ2n) is 9.97. The maximum atomic E-state index is 13.0. The van der Waals surface area contributed by atoms with E-state index >= 15 is 0 Å². The van der Waals surface area contributed by atoms with E-state index < -0.39 is 16.1 Å². The molecule has 0 heterocycles. The smallest absolute Gasteiger partial charge is 0.265 e. The van der Waals surface area contributed by atoms with Gasteiger partial charge in [0.1, 0.15) is 5.75 Å². The van der Waals surface area contributed by atoms with Gasteiger partial charge in [0.15, 0.2) is 11.9 Å². The molecular weight excluding hydrogens is 488 g/mol. The van der Waals surface area contributed by atoms with Crippen molar-refractivity contribution in [3.63, 3.8) is 0 Å². The van der Waals surface area contributed by atoms with Gasteiger partial charge in [-0.15, -0.1) is 0 Å². The largest absolute Gasteiger partial charge is 0.481 e. The quantitative estimate of drug-likeness (QED) is 0.380. The average Bonchev–Trinajstić information content (AvgIpc) is 2.86. The van der Waals surface area contributed by atoms with Crippen molar-refractivity contribution in [2.24, 2.45) is 0 Å². The number of nitrogens with one attached hydrogen (secondary N) is 1. The van der Waals surface area contributed by atoms with Crippen LogP contribution in [0.1, 0.15) is 55.6 Å². The van der Waals surface area contributed by atoms with E-state index in [-0.39, 0.29) is 17.1 Å². The molecule has 3 aromatic rings. The Labute approximate surface area is 219 Å². The number of nitrogens with zero attached hydrogens (tertiary/aromatic N) is 1. The first-order chi connectivity index (χ1) is 17.3. The summed E-state index contributed by atoms with van der Waals surface area (Å²) in [6, 6.07) is 20.9. The number of hydrogen-bond acceptors (Lipinski definition) is 5. The zero-order valence-corrected chi connectivity index (χ0v) is 22.9. The molecule has 0 saturated carbocycles. The van der Waals surface area contributed by atoms with Crippen molar-refractivity contribution in [1.82, 2.24) is 0 Å². The maximum Gasteiger partial charge on any atom is 0.265 e. The summed E-state index contributed by atoms with van der Waals surface area (Å²) in [5.74, 6) is -0.0340. The molecule has 1 atom stereocenters. The van der Waals surface area contributed by atoms with Gasteiger partial charge in [0, 0.05) is 23.9 Å². The van der Waals surface area contributed by atoms with Crippen LogP contribution in [0.2, 0.25) is 0 Å². The van der Waals surface area contributed by atoms with Crippen molar-refractivity contribution in [1.29, 1.82) is 0 Å². The highest BCUT2D eigenvalue weighted by Gasteiger charge is 2.20. The molecule has 0 aliphatic rings. The Hall–Kier alpha value is -3.65. The number of ketones is 1. The predicted octanol–water partition coefficient (Wildman–Crippen LogP) is 5.41. The van der Waals surface area contributed by atoms with E-state index in [1.807, 2.05) is 31.2 Å². The molecule has 8 heteroatoms. The van der Waals surface area contributed by atoms with E-state index in [9.17, 15) is 18.0 Å². The molecule has 0 bridgehead atoms. The molecule has 0 radical (unpaired) electrons. The molecule has 1 unspecified atom stereocenters. The molecule has 0 aliphatic carbocycles. The number of hydrogen-bond donors (Lipinski definition) is 1. The maximum absolute atomic E-state index is 13.0. The summed E-state index contributed by atoms with van der Waals surface area (Å²) in [5.41, 5.74) is 3.18. The van der Waals surface area contributed by atoms with Crippen LogP contribution in [-0.2, 0) is 20.2 Å². The second-order valence-corrected chi connectivity index (χ2v) is 12.0. The summed E-state index contributed by atoms with van der Waals surface area (Å²) >= 11 is 0. The highest BCUT2D eigenvalue weighted by atomic mass is 32.2. The first-order valence-corrected chi connectivity index (χ1v) is 13.9. The van der Waals surface area contributed by atoms with Crippen molar-refractivity contribution in [2.75, 3.05) is 22.9 Å². The molecule has 1 N–H and O–H groups in total. The Kier molecular flexibility index (Phi) is 8.43. The van der Waals surface area contributed by atoms with Gasteiger partial charge < -0.3 is 10.1 Å². The molecule has 7 nitrogen and oxygen atoms in total. The minimum Gasteiger partial charge on any atom is -0.481 e. The van der Waals surface area contributed by atoms with Gasteiger partial charge in [0.2, 0.25) is 10.0 Å². The van der Waals surface area contributed by atoms with Gasteiger partial charge in [-0.25, -0.2) is 8.42 Å². The summed E-state index contributed by atoms with van der Waals surface area (Å²) in [6.45, 7) is 8.19. The average molecular weight is 523 g/mol. The van der Waals surface area contributed by atoms with Crippen LogP contribution in [0.3, 0.4) is 0 Å². The van der Waals surface area contributed by atoms with Crippen LogP contribution in [0.5, 0.6) is 5.75 Å². The first-order valence-electron chi connectivity index (χ1n) is 12.1. The number of sulfonamides is 1. The van der Waals surface area contributed by atoms with E-state index in [0.717, 1.165) is 16.1 Å². The molecule has 0 saturated heterocycles. The first kappa shape index (κ1) is 27.9. The van der Waals surface area contributed by atoms with Gasteiger partial charge in [-0.05, 0) is 53.8 Å². The third kappa shape index (κ3) is 7.20. The Morgan fingerprint density at radius 2 is 1.57 bits per heavy atom. The fourth-order valence-electron chi connectivity index (χ4n) is 3.66. The molecule has 0 spiro atoms. The van der Waals surface area contributed by atoms with Gasteiger partial charge >= 0.3 is 0 Å². The number of amides is 1. The summed E-state index contributed by atoms with van der Waals surface area (Å²) in [4.78, 5) is 26.0. The molecule has 3 rings (SSSR count). The Morgan fingerprint density at radius 3 is 2.11 bits per heavy atom. The summed E-state index contributed by atoms with van der Waals surface area (Å²) in [7, 11) is -1.91. The topological polar surface area (TPSA) is 92.8 Å². The molecule has 3 aromatic carbocycles. The lowest BCUT2D eigenvalue weighted by atomic mass is 9.86. The highest BCUT2D eigenvalue weighted by molar-refractivity contribution is 7.92.